The largest absolute Gasteiger partial charge is 0.497 e. The van der Waals surface area contributed by atoms with Gasteiger partial charge in [0.25, 0.3) is 0 Å². The SMILES string of the molecule is COc1ccc(COCCC(C)(Cl)C(=O)OBr)cc1. The zero-order valence-electron chi connectivity index (χ0n) is 10.8. The molecular weight excluding hydrogens is 335 g/mol. The van der Waals surface area contributed by atoms with E-state index in [1.807, 2.05) is 24.3 Å². The van der Waals surface area contributed by atoms with Crippen LogP contribution in [0, 0.1) is 0 Å². The first-order valence-corrected chi connectivity index (χ1v) is 6.75. The van der Waals surface area contributed by atoms with E-state index in [0.29, 0.717) is 19.6 Å². The number of hydrogen-bond donors (Lipinski definition) is 0. The van der Waals surface area contributed by atoms with Crippen molar-refractivity contribution in [2.45, 2.75) is 24.8 Å². The molecule has 0 N–H and O–H groups in total. The predicted octanol–water partition coefficient (Wildman–Crippen LogP) is 3.45. The summed E-state index contributed by atoms with van der Waals surface area (Å²) in [4.78, 5) is 10.2. The van der Waals surface area contributed by atoms with E-state index < -0.39 is 10.8 Å². The van der Waals surface area contributed by atoms with Crippen molar-refractivity contribution in [1.29, 1.82) is 0 Å². The molecule has 1 unspecified atom stereocenters. The highest BCUT2D eigenvalue weighted by molar-refractivity contribution is 9.06. The summed E-state index contributed by atoms with van der Waals surface area (Å²) in [5.74, 6) is 0.277. The first kappa shape index (κ1) is 16.3. The van der Waals surface area contributed by atoms with Crippen LogP contribution < -0.4 is 4.74 Å². The summed E-state index contributed by atoms with van der Waals surface area (Å²) in [6.45, 7) is 2.42. The number of ether oxygens (including phenoxy) is 2. The second-order valence-electron chi connectivity index (χ2n) is 4.21. The fourth-order valence-corrected chi connectivity index (χ4v) is 1.92. The molecule has 0 saturated heterocycles. The molecule has 0 aliphatic heterocycles. The van der Waals surface area contributed by atoms with E-state index in [1.54, 1.807) is 14.0 Å². The Hall–Kier alpha value is -0.780. The van der Waals surface area contributed by atoms with Gasteiger partial charge in [-0.15, -0.1) is 11.6 Å². The van der Waals surface area contributed by atoms with Crippen LogP contribution in [0.4, 0.5) is 0 Å². The molecule has 0 aromatic heterocycles. The maximum atomic E-state index is 11.3. The standard InChI is InChI=1S/C13H16BrClO4/c1-13(15,12(16)19-14)7-8-18-9-10-3-5-11(17-2)6-4-10/h3-6H,7-9H2,1-2H3. The van der Waals surface area contributed by atoms with E-state index in [0.717, 1.165) is 11.3 Å². The molecule has 1 aromatic carbocycles. The second-order valence-corrected chi connectivity index (χ2v) is 5.37. The van der Waals surface area contributed by atoms with Gasteiger partial charge < -0.3 is 13.3 Å². The molecule has 106 valence electrons. The van der Waals surface area contributed by atoms with Crippen molar-refractivity contribution in [3.63, 3.8) is 0 Å². The lowest BCUT2D eigenvalue weighted by Gasteiger charge is -2.17. The Kier molecular flexibility index (Phi) is 6.62. The topological polar surface area (TPSA) is 44.8 Å². The molecule has 0 aliphatic rings. The minimum Gasteiger partial charge on any atom is -0.497 e. The fraction of sp³-hybridized carbons (Fsp3) is 0.462. The third kappa shape index (κ3) is 5.38. The molecule has 4 nitrogen and oxygen atoms in total. The summed E-state index contributed by atoms with van der Waals surface area (Å²) < 4.78 is 15.0. The quantitative estimate of drug-likeness (QED) is 0.557. The number of methoxy groups -OCH3 is 1. The van der Waals surface area contributed by atoms with Crippen molar-refractivity contribution in [1.82, 2.24) is 0 Å². The molecule has 1 atom stereocenters. The number of hydrogen-bond acceptors (Lipinski definition) is 4. The van der Waals surface area contributed by atoms with E-state index >= 15 is 0 Å². The van der Waals surface area contributed by atoms with Crippen LogP contribution in [-0.4, -0.2) is 24.6 Å². The van der Waals surface area contributed by atoms with Gasteiger partial charge in [0, 0.05) is 13.0 Å². The lowest BCUT2D eigenvalue weighted by Crippen LogP contribution is -2.30. The summed E-state index contributed by atoms with van der Waals surface area (Å²) in [6.07, 6.45) is 0.370. The molecule has 0 saturated carbocycles. The molecule has 0 radical (unpaired) electrons. The number of carbonyl (C=O) groups is 1. The summed E-state index contributed by atoms with van der Waals surface area (Å²) in [6, 6.07) is 7.58. The van der Waals surface area contributed by atoms with Crippen molar-refractivity contribution < 1.29 is 18.1 Å². The minimum absolute atomic E-state index is 0.369. The molecule has 0 aliphatic carbocycles. The van der Waals surface area contributed by atoms with Crippen molar-refractivity contribution in [3.05, 3.63) is 29.8 Å². The third-order valence-electron chi connectivity index (χ3n) is 2.64. The highest BCUT2D eigenvalue weighted by Gasteiger charge is 2.31. The highest BCUT2D eigenvalue weighted by atomic mass is 79.9. The van der Waals surface area contributed by atoms with E-state index in [2.05, 4.69) is 20.1 Å². The van der Waals surface area contributed by atoms with Crippen LogP contribution in [0.2, 0.25) is 0 Å². The van der Waals surface area contributed by atoms with Gasteiger partial charge in [-0.1, -0.05) is 12.1 Å². The van der Waals surface area contributed by atoms with Gasteiger partial charge in [0.15, 0.2) is 16.3 Å². The first-order valence-electron chi connectivity index (χ1n) is 5.72. The molecule has 1 aromatic rings. The highest BCUT2D eigenvalue weighted by Crippen LogP contribution is 2.22. The smallest absolute Gasteiger partial charge is 0.338 e. The molecule has 0 fully saturated rings. The maximum absolute atomic E-state index is 11.3. The zero-order valence-corrected chi connectivity index (χ0v) is 13.2. The average Bonchev–Trinajstić information content (AvgIpc) is 2.43. The molecule has 1 rings (SSSR count). The summed E-state index contributed by atoms with van der Waals surface area (Å²) in [5, 5.41) is 0. The fourth-order valence-electron chi connectivity index (χ4n) is 1.36. The van der Waals surface area contributed by atoms with Gasteiger partial charge in [-0.05, 0) is 24.6 Å². The number of halogens is 2. The van der Waals surface area contributed by atoms with E-state index in [9.17, 15) is 4.79 Å². The Balaban J connectivity index is 2.32. The summed E-state index contributed by atoms with van der Waals surface area (Å²) >= 11 is 8.63. The minimum atomic E-state index is -1.08. The van der Waals surface area contributed by atoms with Crippen LogP contribution in [-0.2, 0) is 20.0 Å². The van der Waals surface area contributed by atoms with Crippen molar-refractivity contribution in [2.75, 3.05) is 13.7 Å². The third-order valence-corrected chi connectivity index (χ3v) is 3.28. The number of alkyl halides is 1. The lowest BCUT2D eigenvalue weighted by molar-refractivity contribution is -0.135. The average molecular weight is 352 g/mol. The molecule has 0 heterocycles. The summed E-state index contributed by atoms with van der Waals surface area (Å²) in [7, 11) is 1.62. The molecule has 6 heteroatoms. The molecule has 19 heavy (non-hydrogen) atoms. The van der Waals surface area contributed by atoms with Gasteiger partial charge in [-0.2, -0.15) is 0 Å². The van der Waals surface area contributed by atoms with Crippen LogP contribution in [0.15, 0.2) is 24.3 Å². The van der Waals surface area contributed by atoms with Crippen LogP contribution in [0.3, 0.4) is 0 Å². The second kappa shape index (κ2) is 7.72. The van der Waals surface area contributed by atoms with Crippen LogP contribution in [0.5, 0.6) is 5.75 Å². The van der Waals surface area contributed by atoms with Crippen molar-refractivity contribution >= 4 is 33.8 Å². The molecule has 0 bridgehead atoms. The van der Waals surface area contributed by atoms with Gasteiger partial charge in [0.2, 0.25) is 0 Å². The first-order chi connectivity index (χ1) is 8.99. The van der Waals surface area contributed by atoms with E-state index in [-0.39, 0.29) is 0 Å². The Bertz CT molecular complexity index is 406. The van der Waals surface area contributed by atoms with Crippen molar-refractivity contribution in [2.24, 2.45) is 0 Å². The molecular formula is C13H16BrClO4. The molecule has 0 spiro atoms. The number of rotatable bonds is 7. The van der Waals surface area contributed by atoms with Gasteiger partial charge in [-0.3, -0.25) is 0 Å². The number of benzene rings is 1. The van der Waals surface area contributed by atoms with E-state index in [4.69, 9.17) is 21.1 Å². The van der Waals surface area contributed by atoms with Crippen LogP contribution in [0.1, 0.15) is 18.9 Å². The summed E-state index contributed by atoms with van der Waals surface area (Å²) in [5.41, 5.74) is 1.03. The van der Waals surface area contributed by atoms with Gasteiger partial charge in [0.05, 0.1) is 13.7 Å². The lowest BCUT2D eigenvalue weighted by atomic mass is 10.1. The monoisotopic (exact) mass is 350 g/mol. The number of carbonyl (C=O) groups excluding carboxylic acids is 1. The maximum Gasteiger partial charge on any atom is 0.338 e. The van der Waals surface area contributed by atoms with Gasteiger partial charge >= 0.3 is 5.97 Å². The van der Waals surface area contributed by atoms with Crippen LogP contribution >= 0.6 is 27.9 Å². The van der Waals surface area contributed by atoms with Gasteiger partial charge in [0.1, 0.15) is 10.6 Å². The normalized spacial score (nSPS) is 13.7. The van der Waals surface area contributed by atoms with Crippen LogP contribution in [0.25, 0.3) is 0 Å². The Labute approximate surface area is 126 Å². The van der Waals surface area contributed by atoms with Crippen molar-refractivity contribution in [3.8, 4) is 5.75 Å². The molecule has 0 amide bonds. The van der Waals surface area contributed by atoms with E-state index in [1.165, 1.54) is 0 Å². The predicted molar refractivity (Wildman–Crippen MR) is 76.5 cm³/mol. The zero-order chi connectivity index (χ0) is 14.3. The Morgan fingerprint density at radius 2 is 2.00 bits per heavy atom. The Morgan fingerprint density at radius 3 is 2.53 bits per heavy atom. The van der Waals surface area contributed by atoms with Gasteiger partial charge in [-0.25, -0.2) is 4.79 Å². The Morgan fingerprint density at radius 1 is 1.37 bits per heavy atom.